The van der Waals surface area contributed by atoms with E-state index in [-0.39, 0.29) is 119 Å². The molecule has 1 unspecified atom stereocenters. The first-order valence-electron chi connectivity index (χ1n) is 32.9. The van der Waals surface area contributed by atoms with Crippen molar-refractivity contribution in [3.63, 3.8) is 0 Å². The number of aromatic hydroxyl groups is 1. The summed E-state index contributed by atoms with van der Waals surface area (Å²) < 4.78 is 4.21. The number of carboxylic acid groups (broad SMARTS) is 2. The molecule has 10 amide bonds. The number of nitrogens with one attached hydrogen (secondary N) is 10. The van der Waals surface area contributed by atoms with Gasteiger partial charge in [0, 0.05) is 49.5 Å². The van der Waals surface area contributed by atoms with Crippen LogP contribution in [0, 0.1) is 0 Å². The number of carboxylic acids is 2. The Morgan fingerprint density at radius 1 is 0.476 bits per heavy atom. The number of thiol groups is 2. The van der Waals surface area contributed by atoms with Crippen LogP contribution in [0.15, 0.2) is 68.5 Å². The Balaban J connectivity index is 1.91. The largest absolute Gasteiger partial charge is 0.508 e. The molecule has 0 bridgehead atoms. The summed E-state index contributed by atoms with van der Waals surface area (Å²) in [5.74, 6) is -13.8. The Bertz CT molecular complexity index is 3310. The van der Waals surface area contributed by atoms with E-state index in [2.05, 4.69) is 85.8 Å². The molecule has 9 atom stereocenters. The van der Waals surface area contributed by atoms with E-state index >= 15 is 0 Å². The second kappa shape index (κ2) is 45.3. The first kappa shape index (κ1) is 86.6. The number of aliphatic imine (C=N–C) groups is 4. The Hall–Kier alpha value is -10.6. The van der Waals surface area contributed by atoms with Crippen molar-refractivity contribution in [1.82, 2.24) is 53.2 Å². The van der Waals surface area contributed by atoms with Gasteiger partial charge < -0.3 is 125 Å². The summed E-state index contributed by atoms with van der Waals surface area (Å²) in [5.41, 5.74) is 50.5. The van der Waals surface area contributed by atoms with Gasteiger partial charge in [-0.15, -0.1) is 0 Å². The molecule has 0 spiro atoms. The number of phenols is 1. The zero-order chi connectivity index (χ0) is 76.8. The van der Waals surface area contributed by atoms with Crippen molar-refractivity contribution in [2.24, 2.45) is 71.6 Å². The smallest absolute Gasteiger partial charge is 0.326 e. The molecule has 1 aliphatic rings. The lowest BCUT2D eigenvalue weighted by atomic mass is 9.82. The molecule has 0 saturated heterocycles. The normalized spacial score (nSPS) is 14.8. The topological polar surface area (TPSA) is 679 Å². The van der Waals surface area contributed by atoms with Crippen molar-refractivity contribution in [2.45, 2.75) is 162 Å². The van der Waals surface area contributed by atoms with Crippen molar-refractivity contribution in [3.05, 3.63) is 59.7 Å². The van der Waals surface area contributed by atoms with Crippen LogP contribution in [0.5, 0.6) is 11.5 Å². The number of nitrogens with zero attached hydrogens (tertiary/aromatic N) is 4. The van der Waals surface area contributed by atoms with Crippen LogP contribution in [0.4, 0.5) is 0 Å². The summed E-state index contributed by atoms with van der Waals surface area (Å²) in [6.45, 7) is -1.58. The highest BCUT2D eigenvalue weighted by Gasteiger charge is 2.43. The van der Waals surface area contributed by atoms with Gasteiger partial charge in [-0.05, 0) is 99.6 Å². The maximum atomic E-state index is 14.5. The van der Waals surface area contributed by atoms with E-state index in [9.17, 15) is 72.9 Å². The van der Waals surface area contributed by atoms with E-state index in [1.54, 1.807) is 0 Å². The predicted molar refractivity (Wildman–Crippen MR) is 386 cm³/mol. The number of amides is 10. The molecule has 0 aliphatic heterocycles. The van der Waals surface area contributed by atoms with Crippen molar-refractivity contribution in [2.75, 3.05) is 52.1 Å². The van der Waals surface area contributed by atoms with Crippen LogP contribution in [0.2, 0.25) is 0 Å². The van der Waals surface area contributed by atoms with Crippen LogP contribution < -0.4 is 110 Å². The third-order valence-corrected chi connectivity index (χ3v) is 16.8. The van der Waals surface area contributed by atoms with E-state index in [1.807, 2.05) is 0 Å². The van der Waals surface area contributed by atoms with Crippen molar-refractivity contribution in [3.8, 4) is 11.5 Å². The molecular formula is C62H99N23O16S2. The van der Waals surface area contributed by atoms with Crippen molar-refractivity contribution < 1.29 is 77.6 Å². The Labute approximate surface area is 605 Å². The minimum absolute atomic E-state index is 0.0267. The minimum atomic E-state index is -1.97. The fourth-order valence-electron chi connectivity index (χ4n) is 10.4. The number of benzene rings is 2. The first-order valence-corrected chi connectivity index (χ1v) is 33.9. The van der Waals surface area contributed by atoms with Gasteiger partial charge in [0.1, 0.15) is 59.8 Å². The van der Waals surface area contributed by atoms with Gasteiger partial charge in [-0.25, -0.2) is 4.79 Å². The number of nitrogens with two attached hydrogens (primary N) is 9. The van der Waals surface area contributed by atoms with Gasteiger partial charge in [-0.2, -0.15) is 25.3 Å². The zero-order valence-electron chi connectivity index (χ0n) is 57.1. The number of aliphatic carboxylic acids is 2. The molecule has 2 aromatic rings. The highest BCUT2D eigenvalue weighted by Crippen LogP contribution is 2.37. The van der Waals surface area contributed by atoms with Crippen LogP contribution >= 0.6 is 25.3 Å². The molecule has 0 radical (unpaired) electrons. The molecule has 1 saturated carbocycles. The lowest BCUT2D eigenvalue weighted by Crippen LogP contribution is -2.61. The van der Waals surface area contributed by atoms with Crippen LogP contribution in [0.3, 0.4) is 0 Å². The van der Waals surface area contributed by atoms with E-state index < -0.39 is 150 Å². The third-order valence-electron chi connectivity index (χ3n) is 15.8. The number of carbonyl (C=O) groups is 12. The quantitative estimate of drug-likeness (QED) is 0.0127. The van der Waals surface area contributed by atoms with E-state index in [4.69, 9.17) is 69.0 Å². The summed E-state index contributed by atoms with van der Waals surface area (Å²) >= 11 is 9.05. The zero-order valence-corrected chi connectivity index (χ0v) is 58.9. The molecule has 570 valence electrons. The molecule has 1 fully saturated rings. The number of rotatable bonds is 46. The molecule has 3 rings (SSSR count). The number of ether oxygens (including phenoxy) is 1. The van der Waals surface area contributed by atoms with Crippen LogP contribution in [0.25, 0.3) is 0 Å². The SMILES string of the molecule is COc1ccc(C[C@H](NC(=O)[C@H](CC(=O)O)NC(=O)CNC(=O)[C@H](CCCN=C(N)N)NC(=O)[C@H](Cc2ccc(O)cc2)NC(=O)CNC(=O)C(NC(=O)[C@@H](N)CCCN=C(N)N)C2(S)CCCCC2)C(=O)N[C@@H](CCCN=C(N)N)C(=O)N[C@@H](CS)C(=O)N[C@@H](CCCN=C(N)N)C(=O)O)cc1. The Morgan fingerprint density at radius 3 is 1.31 bits per heavy atom. The van der Waals surface area contributed by atoms with E-state index in [0.29, 0.717) is 49.0 Å². The monoisotopic (exact) mass is 1490 g/mol. The summed E-state index contributed by atoms with van der Waals surface area (Å²) in [4.78, 5) is 180. The molecule has 2 aromatic carbocycles. The molecular weight excluding hydrogens is 1390 g/mol. The summed E-state index contributed by atoms with van der Waals surface area (Å²) in [7, 11) is 1.40. The number of carbonyl (C=O) groups excluding carboxylic acids is 10. The molecule has 41 heteroatoms. The fourth-order valence-corrected chi connectivity index (χ4v) is 11.1. The lowest BCUT2D eigenvalue weighted by Gasteiger charge is -2.39. The molecule has 31 N–H and O–H groups in total. The summed E-state index contributed by atoms with van der Waals surface area (Å²) in [6, 6.07) is -1.80. The summed E-state index contributed by atoms with van der Waals surface area (Å²) in [5, 5.41) is 54.6. The lowest BCUT2D eigenvalue weighted by molar-refractivity contribution is -0.142. The summed E-state index contributed by atoms with van der Waals surface area (Å²) in [6.07, 6.45) is 1.54. The van der Waals surface area contributed by atoms with Gasteiger partial charge in [0.05, 0.1) is 32.7 Å². The molecule has 0 heterocycles. The van der Waals surface area contributed by atoms with Crippen LogP contribution in [-0.2, 0) is 70.4 Å². The van der Waals surface area contributed by atoms with E-state index in [0.717, 1.165) is 6.42 Å². The fraction of sp³-hybridized carbons (Fsp3) is 0.548. The van der Waals surface area contributed by atoms with Crippen LogP contribution in [-0.4, -0.2) is 221 Å². The highest BCUT2D eigenvalue weighted by atomic mass is 32.1. The number of hydrogen-bond acceptors (Lipinski definition) is 21. The van der Waals surface area contributed by atoms with Crippen molar-refractivity contribution >= 4 is 120 Å². The van der Waals surface area contributed by atoms with E-state index in [1.165, 1.54) is 55.6 Å². The first-order chi connectivity index (χ1) is 48.7. The molecule has 0 aromatic heterocycles. The number of guanidine groups is 4. The highest BCUT2D eigenvalue weighted by molar-refractivity contribution is 7.82. The minimum Gasteiger partial charge on any atom is -0.508 e. The second-order valence-electron chi connectivity index (χ2n) is 24.0. The van der Waals surface area contributed by atoms with Gasteiger partial charge in [0.2, 0.25) is 59.1 Å². The maximum Gasteiger partial charge on any atom is 0.326 e. The van der Waals surface area contributed by atoms with Gasteiger partial charge in [0.15, 0.2) is 23.8 Å². The third kappa shape index (κ3) is 33.6. The molecule has 39 nitrogen and oxygen atoms in total. The van der Waals surface area contributed by atoms with Gasteiger partial charge in [0.25, 0.3) is 0 Å². The Kier molecular flexibility index (Phi) is 38.1. The second-order valence-corrected chi connectivity index (χ2v) is 25.3. The van der Waals surface area contributed by atoms with Gasteiger partial charge in [-0.1, -0.05) is 43.5 Å². The number of hydrogen-bond donors (Lipinski definition) is 24. The van der Waals surface area contributed by atoms with Gasteiger partial charge in [-0.3, -0.25) is 72.7 Å². The molecule has 103 heavy (non-hydrogen) atoms. The average molecular weight is 1490 g/mol. The predicted octanol–water partition coefficient (Wildman–Crippen LogP) is -7.04. The Morgan fingerprint density at radius 2 is 0.854 bits per heavy atom. The maximum absolute atomic E-state index is 14.5. The van der Waals surface area contributed by atoms with Crippen molar-refractivity contribution in [1.29, 1.82) is 0 Å². The number of methoxy groups -OCH3 is 1. The molecule has 1 aliphatic carbocycles. The standard InChI is InChI=1S/C62H99N23O16S2/c1-101-36-19-15-34(16-20-36)28-42(53(95)81-39(11-7-25-74-60(68)69)51(93)84-44(32-102)55(97)82-40(57(99)100)12-8-26-75-61(70)71)83-54(96)43(29-47(89)90)79-45(87)30-76-50(92)38(10-6-24-73-59(66)67)80-52(94)41(27-33-13-17-35(86)18-14-33)78-46(88)31-77-56(98)48(62(103)21-3-2-4-22-62)85-49(91)37(63)9-5-23-72-58(64)65/h13-20,37-44,48,86,102-103H,2-12,21-32,63H2,1H3,(H,76,92)(H,77,98)(H,78,88)(H,79,87)(H,80,94)(H,81,95)(H,82,97)(H,83,96)(H,84,93)(H,85,91)(H,89,90)(H,99,100)(H4,64,65,72)(H4,66,67,73)(H4,68,69,74)(H4,70,71,75)/t37-,38-,39-,40-,41-,42-,43-,44-,48?/m0/s1. The number of phenolic OH excluding ortho intramolecular Hbond substituents is 1. The van der Waals surface area contributed by atoms with Gasteiger partial charge >= 0.3 is 11.9 Å². The van der Waals surface area contributed by atoms with Crippen LogP contribution in [0.1, 0.15) is 101 Å². The average Bonchev–Trinajstić information content (AvgIpc) is 0.808.